The largest absolute Gasteiger partial charge is 0.396 e. The molecular formula is C11H19N3. The summed E-state index contributed by atoms with van der Waals surface area (Å²) in [5, 5.41) is 4.28. The van der Waals surface area contributed by atoms with Crippen molar-refractivity contribution in [1.82, 2.24) is 9.78 Å². The van der Waals surface area contributed by atoms with Gasteiger partial charge in [0.25, 0.3) is 0 Å². The molecule has 0 amide bonds. The summed E-state index contributed by atoms with van der Waals surface area (Å²) in [4.78, 5) is 0. The van der Waals surface area contributed by atoms with E-state index in [1.807, 2.05) is 10.9 Å². The van der Waals surface area contributed by atoms with Gasteiger partial charge in [0, 0.05) is 6.20 Å². The van der Waals surface area contributed by atoms with Crippen LogP contribution in [0.15, 0.2) is 12.4 Å². The van der Waals surface area contributed by atoms with Gasteiger partial charge in [-0.1, -0.05) is 13.8 Å². The van der Waals surface area contributed by atoms with E-state index >= 15 is 0 Å². The van der Waals surface area contributed by atoms with Gasteiger partial charge in [-0.25, -0.2) is 0 Å². The second-order valence-electron chi connectivity index (χ2n) is 5.15. The SMILES string of the molecule is CC1(C)CCC(n2cc(N)cn2)CC1. The molecule has 2 rings (SSSR count). The number of nitrogens with zero attached hydrogens (tertiary/aromatic N) is 2. The summed E-state index contributed by atoms with van der Waals surface area (Å²) in [6.45, 7) is 4.70. The van der Waals surface area contributed by atoms with Gasteiger partial charge >= 0.3 is 0 Å². The molecule has 0 bridgehead atoms. The zero-order valence-electron chi connectivity index (χ0n) is 9.03. The minimum Gasteiger partial charge on any atom is -0.396 e. The fourth-order valence-electron chi connectivity index (χ4n) is 2.20. The summed E-state index contributed by atoms with van der Waals surface area (Å²) in [7, 11) is 0. The smallest absolute Gasteiger partial charge is 0.0719 e. The van der Waals surface area contributed by atoms with Gasteiger partial charge in [-0.3, -0.25) is 4.68 Å². The molecule has 1 fully saturated rings. The first-order valence-corrected chi connectivity index (χ1v) is 5.36. The summed E-state index contributed by atoms with van der Waals surface area (Å²) in [5.74, 6) is 0. The number of rotatable bonds is 1. The fraction of sp³-hybridized carbons (Fsp3) is 0.727. The molecule has 0 aliphatic heterocycles. The molecule has 0 aromatic carbocycles. The summed E-state index contributed by atoms with van der Waals surface area (Å²) < 4.78 is 2.03. The van der Waals surface area contributed by atoms with E-state index < -0.39 is 0 Å². The lowest BCUT2D eigenvalue weighted by Crippen LogP contribution is -2.23. The van der Waals surface area contributed by atoms with Crippen LogP contribution < -0.4 is 5.73 Å². The molecule has 0 unspecified atom stereocenters. The summed E-state index contributed by atoms with van der Waals surface area (Å²) >= 11 is 0. The van der Waals surface area contributed by atoms with Crippen LogP contribution >= 0.6 is 0 Å². The highest BCUT2D eigenvalue weighted by Gasteiger charge is 2.27. The van der Waals surface area contributed by atoms with Gasteiger partial charge in [0.05, 0.1) is 17.9 Å². The Morgan fingerprint density at radius 3 is 2.57 bits per heavy atom. The van der Waals surface area contributed by atoms with E-state index in [4.69, 9.17) is 5.73 Å². The number of aromatic nitrogens is 2. The molecule has 0 spiro atoms. The average Bonchev–Trinajstić information content (AvgIpc) is 2.52. The van der Waals surface area contributed by atoms with Gasteiger partial charge < -0.3 is 5.73 Å². The Kier molecular flexibility index (Phi) is 2.25. The molecule has 78 valence electrons. The Morgan fingerprint density at radius 2 is 2.07 bits per heavy atom. The Hall–Kier alpha value is -0.990. The summed E-state index contributed by atoms with van der Waals surface area (Å²) in [6.07, 6.45) is 8.72. The van der Waals surface area contributed by atoms with Crippen molar-refractivity contribution in [1.29, 1.82) is 0 Å². The van der Waals surface area contributed by atoms with Crippen LogP contribution in [0.5, 0.6) is 0 Å². The minimum absolute atomic E-state index is 0.523. The normalized spacial score (nSPS) is 22.4. The molecule has 1 aromatic heterocycles. The second-order valence-corrected chi connectivity index (χ2v) is 5.15. The van der Waals surface area contributed by atoms with Crippen molar-refractivity contribution in [2.24, 2.45) is 5.41 Å². The van der Waals surface area contributed by atoms with E-state index in [-0.39, 0.29) is 0 Å². The molecule has 1 aromatic rings. The van der Waals surface area contributed by atoms with Crippen molar-refractivity contribution in [2.75, 3.05) is 5.73 Å². The third-order valence-corrected chi connectivity index (χ3v) is 3.30. The van der Waals surface area contributed by atoms with Gasteiger partial charge in [0.2, 0.25) is 0 Å². The average molecular weight is 193 g/mol. The van der Waals surface area contributed by atoms with Gasteiger partial charge in [-0.2, -0.15) is 5.10 Å². The molecule has 0 atom stereocenters. The molecule has 2 N–H and O–H groups in total. The Labute approximate surface area is 85.3 Å². The van der Waals surface area contributed by atoms with Crippen molar-refractivity contribution in [2.45, 2.75) is 45.6 Å². The number of nitrogens with two attached hydrogens (primary N) is 1. The Morgan fingerprint density at radius 1 is 1.43 bits per heavy atom. The second kappa shape index (κ2) is 3.30. The van der Waals surface area contributed by atoms with Gasteiger partial charge in [0.1, 0.15) is 0 Å². The van der Waals surface area contributed by atoms with E-state index in [2.05, 4.69) is 18.9 Å². The number of nitrogen functional groups attached to an aromatic ring is 1. The van der Waals surface area contributed by atoms with Crippen LogP contribution in [0.3, 0.4) is 0 Å². The lowest BCUT2D eigenvalue weighted by Gasteiger charge is -2.34. The monoisotopic (exact) mass is 193 g/mol. The lowest BCUT2D eigenvalue weighted by molar-refractivity contribution is 0.186. The Balaban J connectivity index is 2.02. The van der Waals surface area contributed by atoms with Crippen LogP contribution in [0.1, 0.15) is 45.6 Å². The van der Waals surface area contributed by atoms with Crippen LogP contribution in [0.2, 0.25) is 0 Å². The zero-order chi connectivity index (χ0) is 10.2. The number of hydrogen-bond donors (Lipinski definition) is 1. The van der Waals surface area contributed by atoms with Crippen molar-refractivity contribution in [3.05, 3.63) is 12.4 Å². The number of hydrogen-bond acceptors (Lipinski definition) is 2. The third kappa shape index (κ3) is 1.91. The highest BCUT2D eigenvalue weighted by Crippen LogP contribution is 2.39. The van der Waals surface area contributed by atoms with Crippen molar-refractivity contribution < 1.29 is 0 Å². The standard InChI is InChI=1S/C11H19N3/c1-11(2)5-3-10(4-6-11)14-8-9(12)7-13-14/h7-8,10H,3-6,12H2,1-2H3. The first-order valence-electron chi connectivity index (χ1n) is 5.36. The predicted octanol–water partition coefficient (Wildman–Crippen LogP) is 2.61. The molecule has 1 heterocycles. The highest BCUT2D eigenvalue weighted by atomic mass is 15.3. The van der Waals surface area contributed by atoms with Crippen LogP contribution in [0, 0.1) is 5.41 Å². The predicted molar refractivity (Wildman–Crippen MR) is 57.9 cm³/mol. The molecule has 3 heteroatoms. The molecule has 0 radical (unpaired) electrons. The lowest BCUT2D eigenvalue weighted by atomic mass is 9.76. The van der Waals surface area contributed by atoms with Crippen molar-refractivity contribution >= 4 is 5.69 Å². The topological polar surface area (TPSA) is 43.8 Å². The first-order chi connectivity index (χ1) is 6.57. The molecule has 1 saturated carbocycles. The van der Waals surface area contributed by atoms with Crippen LogP contribution in [-0.4, -0.2) is 9.78 Å². The molecular weight excluding hydrogens is 174 g/mol. The Bertz CT molecular complexity index is 304. The molecule has 0 saturated heterocycles. The maximum absolute atomic E-state index is 5.66. The summed E-state index contributed by atoms with van der Waals surface area (Å²) in [6, 6.07) is 0.570. The van der Waals surface area contributed by atoms with E-state index in [1.54, 1.807) is 6.20 Å². The van der Waals surface area contributed by atoms with Crippen LogP contribution in [-0.2, 0) is 0 Å². The molecule has 14 heavy (non-hydrogen) atoms. The number of anilines is 1. The minimum atomic E-state index is 0.523. The van der Waals surface area contributed by atoms with E-state index in [0.717, 1.165) is 5.69 Å². The molecule has 3 nitrogen and oxygen atoms in total. The molecule has 1 aliphatic rings. The zero-order valence-corrected chi connectivity index (χ0v) is 9.03. The molecule has 1 aliphatic carbocycles. The quantitative estimate of drug-likeness (QED) is 0.745. The maximum atomic E-state index is 5.66. The van der Waals surface area contributed by atoms with E-state index in [0.29, 0.717) is 11.5 Å². The van der Waals surface area contributed by atoms with Gasteiger partial charge in [0.15, 0.2) is 0 Å². The summed E-state index contributed by atoms with van der Waals surface area (Å²) in [5.41, 5.74) is 6.95. The van der Waals surface area contributed by atoms with Gasteiger partial charge in [-0.05, 0) is 31.1 Å². The van der Waals surface area contributed by atoms with Crippen LogP contribution in [0.25, 0.3) is 0 Å². The van der Waals surface area contributed by atoms with E-state index in [1.165, 1.54) is 25.7 Å². The van der Waals surface area contributed by atoms with Crippen molar-refractivity contribution in [3.8, 4) is 0 Å². The maximum Gasteiger partial charge on any atom is 0.0719 e. The van der Waals surface area contributed by atoms with Gasteiger partial charge in [-0.15, -0.1) is 0 Å². The van der Waals surface area contributed by atoms with E-state index in [9.17, 15) is 0 Å². The highest BCUT2D eigenvalue weighted by molar-refractivity contribution is 5.30. The fourth-order valence-corrected chi connectivity index (χ4v) is 2.20. The van der Waals surface area contributed by atoms with Crippen LogP contribution in [0.4, 0.5) is 5.69 Å². The van der Waals surface area contributed by atoms with Crippen molar-refractivity contribution in [3.63, 3.8) is 0 Å². The first kappa shape index (κ1) is 9.56. The third-order valence-electron chi connectivity index (χ3n) is 3.30.